The lowest BCUT2D eigenvalue weighted by Crippen LogP contribution is -2.17. The minimum absolute atomic E-state index is 0.0941. The fraction of sp³-hybridized carbons (Fsp3) is 0.387. The van der Waals surface area contributed by atoms with E-state index in [1.807, 2.05) is 19.1 Å². The number of halogens is 1. The summed E-state index contributed by atoms with van der Waals surface area (Å²) in [5, 5.41) is 19.1. The van der Waals surface area contributed by atoms with Crippen molar-refractivity contribution in [3.8, 4) is 22.6 Å². The Kier molecular flexibility index (Phi) is 8.18. The summed E-state index contributed by atoms with van der Waals surface area (Å²) in [6, 6.07) is 17.8. The number of benzene rings is 3. The summed E-state index contributed by atoms with van der Waals surface area (Å²) >= 11 is 0. The maximum absolute atomic E-state index is 15.1. The summed E-state index contributed by atoms with van der Waals surface area (Å²) in [5.74, 6) is 0.134. The van der Waals surface area contributed by atoms with Crippen LogP contribution in [0.5, 0.6) is 11.5 Å². The second-order valence-electron chi connectivity index (χ2n) is 10.4. The lowest BCUT2D eigenvalue weighted by atomic mass is 9.75. The molecule has 0 aromatic heterocycles. The largest absolute Gasteiger partial charge is 0.494 e. The molecule has 0 heterocycles. The summed E-state index contributed by atoms with van der Waals surface area (Å²) in [6.45, 7) is 7.27. The molecule has 5 nitrogen and oxygen atoms in total. The van der Waals surface area contributed by atoms with Crippen molar-refractivity contribution in [2.75, 3.05) is 6.61 Å². The van der Waals surface area contributed by atoms with Crippen molar-refractivity contribution in [1.82, 2.24) is 0 Å². The van der Waals surface area contributed by atoms with Gasteiger partial charge in [0.05, 0.1) is 19.1 Å². The van der Waals surface area contributed by atoms with E-state index in [0.717, 1.165) is 36.0 Å². The first-order valence-corrected chi connectivity index (χ1v) is 12.9. The van der Waals surface area contributed by atoms with Crippen LogP contribution in [0.3, 0.4) is 0 Å². The van der Waals surface area contributed by atoms with E-state index in [2.05, 4.69) is 19.9 Å². The van der Waals surface area contributed by atoms with Crippen molar-refractivity contribution >= 4 is 5.97 Å². The van der Waals surface area contributed by atoms with Crippen molar-refractivity contribution in [1.29, 1.82) is 0 Å². The van der Waals surface area contributed by atoms with Gasteiger partial charge in [-0.05, 0) is 83.7 Å². The smallest absolute Gasteiger partial charge is 0.306 e. The summed E-state index contributed by atoms with van der Waals surface area (Å²) in [5.41, 5.74) is 4.07. The van der Waals surface area contributed by atoms with Gasteiger partial charge in [0.2, 0.25) is 0 Å². The number of carboxylic acids is 1. The Morgan fingerprint density at radius 2 is 1.84 bits per heavy atom. The van der Waals surface area contributed by atoms with Gasteiger partial charge in [0, 0.05) is 5.56 Å². The van der Waals surface area contributed by atoms with Crippen LogP contribution in [0.25, 0.3) is 11.1 Å². The highest BCUT2D eigenvalue weighted by Gasteiger charge is 2.37. The number of hydrogen-bond acceptors (Lipinski definition) is 4. The highest BCUT2D eigenvalue weighted by molar-refractivity contribution is 5.71. The SMILES string of the molecule is CCOc1ccc(F)c(-c2ccc(COc3cccc([C@H](O)CC(=O)O)c3)cc2[C@@H]2CCCC2(C)C)c1. The number of aliphatic carboxylic acids is 1. The zero-order valence-electron chi connectivity index (χ0n) is 21.7. The average molecular weight is 507 g/mol. The van der Waals surface area contributed by atoms with Crippen molar-refractivity contribution in [3.63, 3.8) is 0 Å². The van der Waals surface area contributed by atoms with Crippen LogP contribution in [-0.4, -0.2) is 22.8 Å². The molecule has 0 amide bonds. The molecule has 3 aromatic rings. The third kappa shape index (κ3) is 6.31. The van der Waals surface area contributed by atoms with Gasteiger partial charge in [-0.1, -0.05) is 50.6 Å². The average Bonchev–Trinajstić information content (AvgIpc) is 3.22. The number of aliphatic hydroxyl groups excluding tert-OH is 1. The molecule has 196 valence electrons. The fourth-order valence-corrected chi connectivity index (χ4v) is 5.37. The maximum atomic E-state index is 15.1. The molecule has 0 spiro atoms. The predicted molar refractivity (Wildman–Crippen MR) is 141 cm³/mol. The van der Waals surface area contributed by atoms with Crippen LogP contribution < -0.4 is 9.47 Å². The first-order valence-electron chi connectivity index (χ1n) is 12.9. The topological polar surface area (TPSA) is 76.0 Å². The highest BCUT2D eigenvalue weighted by atomic mass is 19.1. The Morgan fingerprint density at radius 3 is 2.54 bits per heavy atom. The summed E-state index contributed by atoms with van der Waals surface area (Å²) < 4.78 is 26.7. The molecule has 2 N–H and O–H groups in total. The van der Waals surface area contributed by atoms with Gasteiger partial charge in [0.1, 0.15) is 23.9 Å². The quantitative estimate of drug-likeness (QED) is 0.302. The molecule has 6 heteroatoms. The monoisotopic (exact) mass is 506 g/mol. The van der Waals surface area contributed by atoms with E-state index in [-0.39, 0.29) is 23.6 Å². The molecule has 0 bridgehead atoms. The minimum atomic E-state index is -1.10. The third-order valence-corrected chi connectivity index (χ3v) is 7.30. The van der Waals surface area contributed by atoms with E-state index < -0.39 is 12.1 Å². The van der Waals surface area contributed by atoms with Crippen LogP contribution >= 0.6 is 0 Å². The summed E-state index contributed by atoms with van der Waals surface area (Å²) in [6.07, 6.45) is 1.82. The second kappa shape index (κ2) is 11.3. The molecular weight excluding hydrogens is 471 g/mol. The van der Waals surface area contributed by atoms with Crippen molar-refractivity contribution in [2.24, 2.45) is 5.41 Å². The van der Waals surface area contributed by atoms with E-state index in [4.69, 9.17) is 14.6 Å². The molecule has 0 radical (unpaired) electrons. The molecule has 1 aliphatic carbocycles. The van der Waals surface area contributed by atoms with Crippen LogP contribution in [0.4, 0.5) is 4.39 Å². The first kappa shape index (κ1) is 26.7. The Bertz CT molecular complexity index is 1250. The standard InChI is InChI=1S/C31H35FO5/c1-4-36-23-11-13-28(32)26(17-23)24-12-10-20(15-25(24)27-9-6-14-31(27,2)3)19-37-22-8-5-7-21(16-22)29(33)18-30(34)35/h5,7-8,10-13,15-17,27,29,33H,4,6,9,14,18-19H2,1-3H3,(H,34,35)/t27-,29+/m0/s1. The number of aliphatic hydroxyl groups is 1. The Morgan fingerprint density at radius 1 is 1.05 bits per heavy atom. The fourth-order valence-electron chi connectivity index (χ4n) is 5.37. The molecule has 2 atom stereocenters. The number of rotatable bonds is 10. The molecule has 1 aliphatic rings. The minimum Gasteiger partial charge on any atom is -0.494 e. The number of hydrogen-bond donors (Lipinski definition) is 2. The van der Waals surface area contributed by atoms with Gasteiger partial charge in [-0.25, -0.2) is 4.39 Å². The van der Waals surface area contributed by atoms with Gasteiger partial charge in [-0.15, -0.1) is 0 Å². The zero-order valence-corrected chi connectivity index (χ0v) is 21.7. The van der Waals surface area contributed by atoms with Crippen LogP contribution in [0.1, 0.15) is 75.2 Å². The molecule has 0 saturated heterocycles. The molecule has 37 heavy (non-hydrogen) atoms. The predicted octanol–water partition coefficient (Wildman–Crippen LogP) is 7.27. The van der Waals surface area contributed by atoms with Gasteiger partial charge in [0.25, 0.3) is 0 Å². The molecule has 0 unspecified atom stereocenters. The van der Waals surface area contributed by atoms with Gasteiger partial charge in [-0.2, -0.15) is 0 Å². The number of carbonyl (C=O) groups is 1. The number of ether oxygens (including phenoxy) is 2. The van der Waals surface area contributed by atoms with Crippen LogP contribution in [0.2, 0.25) is 0 Å². The third-order valence-electron chi connectivity index (χ3n) is 7.30. The Hall–Kier alpha value is -3.38. The van der Waals surface area contributed by atoms with Gasteiger partial charge in [-0.3, -0.25) is 4.79 Å². The van der Waals surface area contributed by atoms with E-state index in [0.29, 0.717) is 35.8 Å². The molecular formula is C31H35FO5. The lowest BCUT2D eigenvalue weighted by Gasteiger charge is -2.30. The number of carboxylic acid groups (broad SMARTS) is 1. The Balaban J connectivity index is 1.64. The van der Waals surface area contributed by atoms with E-state index in [1.54, 1.807) is 36.4 Å². The van der Waals surface area contributed by atoms with E-state index >= 15 is 4.39 Å². The van der Waals surface area contributed by atoms with Crippen LogP contribution in [-0.2, 0) is 11.4 Å². The Labute approximate surface area is 217 Å². The molecule has 1 fully saturated rings. The molecule has 1 saturated carbocycles. The summed E-state index contributed by atoms with van der Waals surface area (Å²) in [7, 11) is 0. The summed E-state index contributed by atoms with van der Waals surface area (Å²) in [4.78, 5) is 10.9. The highest BCUT2D eigenvalue weighted by Crippen LogP contribution is 2.51. The normalized spacial score (nSPS) is 17.4. The van der Waals surface area contributed by atoms with Crippen molar-refractivity contribution in [2.45, 2.75) is 65.1 Å². The van der Waals surface area contributed by atoms with Crippen LogP contribution in [0, 0.1) is 11.2 Å². The van der Waals surface area contributed by atoms with Gasteiger partial charge < -0.3 is 19.7 Å². The van der Waals surface area contributed by atoms with Gasteiger partial charge >= 0.3 is 5.97 Å². The van der Waals surface area contributed by atoms with E-state index in [1.165, 1.54) is 6.07 Å². The molecule has 0 aliphatic heterocycles. The van der Waals surface area contributed by atoms with E-state index in [9.17, 15) is 9.90 Å². The maximum Gasteiger partial charge on any atom is 0.306 e. The van der Waals surface area contributed by atoms with Crippen molar-refractivity contribution < 1.29 is 28.9 Å². The molecule has 4 rings (SSSR count). The van der Waals surface area contributed by atoms with Crippen LogP contribution in [0.15, 0.2) is 60.7 Å². The second-order valence-corrected chi connectivity index (χ2v) is 10.4. The van der Waals surface area contributed by atoms with Gasteiger partial charge in [0.15, 0.2) is 0 Å². The lowest BCUT2D eigenvalue weighted by molar-refractivity contribution is -0.139. The zero-order chi connectivity index (χ0) is 26.6. The van der Waals surface area contributed by atoms with Crippen molar-refractivity contribution in [3.05, 3.63) is 83.2 Å². The first-order chi connectivity index (χ1) is 17.7. The molecule has 3 aromatic carbocycles.